The summed E-state index contributed by atoms with van der Waals surface area (Å²) in [5, 5.41) is 9.05. The van der Waals surface area contributed by atoms with Crippen LogP contribution in [0.15, 0.2) is 430 Å². The fourth-order valence-corrected chi connectivity index (χ4v) is 17.8. The van der Waals surface area contributed by atoms with Gasteiger partial charge in [0.2, 0.25) is 0 Å². The molecule has 0 N–H and O–H groups in total. The summed E-state index contributed by atoms with van der Waals surface area (Å²) >= 11 is 0. The Labute approximate surface area is 676 Å². The first-order valence-electron chi connectivity index (χ1n) is 40.0. The van der Waals surface area contributed by atoms with Gasteiger partial charge in [-0.2, -0.15) is 0 Å². The van der Waals surface area contributed by atoms with E-state index in [4.69, 9.17) is 17.7 Å². The van der Waals surface area contributed by atoms with Crippen LogP contribution in [-0.2, 0) is 5.41 Å². The van der Waals surface area contributed by atoms with Gasteiger partial charge in [-0.05, 0) is 222 Å². The zero-order valence-electron chi connectivity index (χ0n) is 64.3. The maximum absolute atomic E-state index is 6.41. The molecule has 0 atom stereocenters. The fraction of sp³-hybridized carbons (Fsp3) is 0.0270. The third-order valence-corrected chi connectivity index (χ3v) is 23.8. The van der Waals surface area contributed by atoms with Gasteiger partial charge >= 0.3 is 0 Å². The van der Waals surface area contributed by atoms with Gasteiger partial charge in [0.15, 0.2) is 0 Å². The number of para-hydroxylation sites is 6. The van der Waals surface area contributed by atoms with Crippen molar-refractivity contribution in [3.05, 3.63) is 424 Å². The molecule has 0 aliphatic heterocycles. The topological polar surface area (TPSA) is 59.0 Å². The van der Waals surface area contributed by atoms with Crippen molar-refractivity contribution in [2.45, 2.75) is 19.3 Å². The van der Waals surface area contributed by atoms with Crippen molar-refractivity contribution in [1.29, 1.82) is 0 Å². The van der Waals surface area contributed by atoms with Crippen molar-refractivity contribution < 1.29 is 17.7 Å². The Morgan fingerprint density at radius 1 is 0.171 bits per heavy atom. The van der Waals surface area contributed by atoms with E-state index in [1.165, 1.54) is 55.6 Å². The molecule has 6 heteroatoms. The van der Waals surface area contributed by atoms with Crippen LogP contribution in [0.4, 0.5) is 34.1 Å². The highest BCUT2D eigenvalue weighted by Crippen LogP contribution is 2.53. The SMILES string of the molecule is CC1(C)c2cc(-c3ccccc3)ccc2-c2ccc(N(c3ccc(-c4ccc5oc6ccccc6c5c4)cc3)c3ccc(-c4ccc5oc6ccccc6c5c4)cc3)cc21.c1ccc(-c2cccc(-c3ccc(N(c4ccc(-c5cccc6c5oc5ccccc56)cc4)c4ccc(-c5cccc6c5oc5ccccc56)cc4)cc3)c2)cc1. The zero-order chi connectivity index (χ0) is 77.7. The molecule has 18 aromatic carbocycles. The van der Waals surface area contributed by atoms with Crippen LogP contribution in [-0.4, -0.2) is 0 Å². The van der Waals surface area contributed by atoms with Crippen molar-refractivity contribution in [2.24, 2.45) is 0 Å². The molecule has 0 spiro atoms. The standard InChI is InChI=1S/C57H39NO2.C54H35NO2/c1-57(2)51-34-41(36-10-4-3-5-11-36)20-28-45(51)46-29-27-44(35-52(46)57)58(42-23-16-37(17-24-42)39-21-30-55-49(32-39)47-12-6-8-14-53(47)59-55)43-25-18-38(19-26-43)40-22-31-56-50(33-40)48-13-7-9-15-54(48)60-56;1-2-11-36(12-3-1)40-13-8-14-41(35-40)37-23-29-42(30-24-37)55(43-31-25-38(26-32-43)45-17-9-19-49-47-15-4-6-21-51(47)56-53(45)49)44-33-27-39(28-34-44)46-18-10-20-50-48-16-5-7-22-52(48)57-54(46)50/h3-35H,1-2H3;1-35H. The van der Waals surface area contributed by atoms with Gasteiger partial charge in [0, 0.05) is 93.8 Å². The van der Waals surface area contributed by atoms with Gasteiger partial charge in [-0.1, -0.05) is 293 Å². The average Bonchev–Trinajstić information content (AvgIpc) is 1.57. The summed E-state index contributed by atoms with van der Waals surface area (Å²) in [4.78, 5) is 4.71. The van der Waals surface area contributed by atoms with Gasteiger partial charge in [-0.15, -0.1) is 0 Å². The lowest BCUT2D eigenvalue weighted by Gasteiger charge is -2.28. The highest BCUT2D eigenvalue weighted by Gasteiger charge is 2.37. The maximum Gasteiger partial charge on any atom is 0.143 e. The molecule has 117 heavy (non-hydrogen) atoms. The second-order valence-electron chi connectivity index (χ2n) is 31.0. The predicted octanol–water partition coefficient (Wildman–Crippen LogP) is 31.9. The molecule has 1 aliphatic carbocycles. The molecule has 552 valence electrons. The van der Waals surface area contributed by atoms with Crippen molar-refractivity contribution in [1.82, 2.24) is 0 Å². The minimum Gasteiger partial charge on any atom is -0.456 e. The minimum atomic E-state index is -0.184. The highest BCUT2D eigenvalue weighted by atomic mass is 16.3. The van der Waals surface area contributed by atoms with Crippen molar-refractivity contribution >= 4 is 122 Å². The summed E-state index contributed by atoms with van der Waals surface area (Å²) in [6, 6.07) is 147. The Morgan fingerprint density at radius 2 is 0.444 bits per heavy atom. The lowest BCUT2D eigenvalue weighted by Crippen LogP contribution is -2.16. The molecule has 0 bridgehead atoms. The van der Waals surface area contributed by atoms with Crippen molar-refractivity contribution in [3.8, 4) is 89.0 Å². The number of hydrogen-bond donors (Lipinski definition) is 0. The van der Waals surface area contributed by atoms with E-state index >= 15 is 0 Å². The quantitative estimate of drug-likeness (QED) is 0.115. The number of nitrogens with zero attached hydrogens (tertiary/aromatic N) is 2. The Hall–Kier alpha value is -15.2. The van der Waals surface area contributed by atoms with Crippen LogP contribution in [0.25, 0.3) is 177 Å². The van der Waals surface area contributed by atoms with E-state index in [1.807, 2.05) is 48.5 Å². The molecular formula is C111H74N2O4. The monoisotopic (exact) mass is 1500 g/mol. The molecule has 4 aromatic heterocycles. The molecule has 4 heterocycles. The summed E-state index contributed by atoms with van der Waals surface area (Å²) in [6.45, 7) is 4.73. The average molecular weight is 1500 g/mol. The molecular weight excluding hydrogens is 1430 g/mol. The number of fused-ring (bicyclic) bond motifs is 15. The molecule has 0 unspecified atom stereocenters. The largest absolute Gasteiger partial charge is 0.456 e. The molecule has 22 aromatic rings. The van der Waals surface area contributed by atoms with Crippen LogP contribution in [0, 0.1) is 0 Å². The Bertz CT molecular complexity index is 7240. The van der Waals surface area contributed by atoms with Gasteiger partial charge < -0.3 is 27.5 Å². The highest BCUT2D eigenvalue weighted by molar-refractivity contribution is 6.12. The lowest BCUT2D eigenvalue weighted by atomic mass is 9.81. The van der Waals surface area contributed by atoms with E-state index in [1.54, 1.807) is 0 Å². The van der Waals surface area contributed by atoms with E-state index in [0.29, 0.717) is 0 Å². The number of furan rings is 4. The van der Waals surface area contributed by atoms with Gasteiger partial charge in [0.25, 0.3) is 0 Å². The maximum atomic E-state index is 6.41. The molecule has 1 aliphatic rings. The molecule has 0 amide bonds. The van der Waals surface area contributed by atoms with Gasteiger partial charge in [0.1, 0.15) is 44.7 Å². The van der Waals surface area contributed by atoms with Crippen LogP contribution < -0.4 is 9.80 Å². The second kappa shape index (κ2) is 28.1. The van der Waals surface area contributed by atoms with Gasteiger partial charge in [0.05, 0.1) is 0 Å². The summed E-state index contributed by atoms with van der Waals surface area (Å²) < 4.78 is 25.1. The smallest absolute Gasteiger partial charge is 0.143 e. The van der Waals surface area contributed by atoms with Crippen molar-refractivity contribution in [3.63, 3.8) is 0 Å². The van der Waals surface area contributed by atoms with Gasteiger partial charge in [-0.3, -0.25) is 0 Å². The van der Waals surface area contributed by atoms with E-state index in [0.717, 1.165) is 166 Å². The molecule has 6 nitrogen and oxygen atoms in total. The van der Waals surface area contributed by atoms with E-state index in [2.05, 4.69) is 388 Å². The van der Waals surface area contributed by atoms with Crippen LogP contribution in [0.3, 0.4) is 0 Å². The molecule has 0 fully saturated rings. The summed E-state index contributed by atoms with van der Waals surface area (Å²) in [5.41, 5.74) is 35.1. The van der Waals surface area contributed by atoms with E-state index in [9.17, 15) is 0 Å². The number of anilines is 6. The number of benzene rings is 18. The number of hydrogen-bond acceptors (Lipinski definition) is 6. The molecule has 0 saturated heterocycles. The zero-order valence-corrected chi connectivity index (χ0v) is 64.3. The first kappa shape index (κ1) is 68.6. The molecule has 0 saturated carbocycles. The summed E-state index contributed by atoms with van der Waals surface area (Å²) in [7, 11) is 0. The second-order valence-corrected chi connectivity index (χ2v) is 31.0. The Balaban J connectivity index is 0.000000142. The molecule has 0 radical (unpaired) electrons. The van der Waals surface area contributed by atoms with E-state index in [-0.39, 0.29) is 5.41 Å². The lowest BCUT2D eigenvalue weighted by molar-refractivity contribution is 0.660. The fourth-order valence-electron chi connectivity index (χ4n) is 17.8. The summed E-state index contributed by atoms with van der Waals surface area (Å²) in [5.74, 6) is 0. The van der Waals surface area contributed by atoms with Crippen LogP contribution in [0.5, 0.6) is 0 Å². The minimum absolute atomic E-state index is 0.184. The normalized spacial score (nSPS) is 12.3. The molecule has 23 rings (SSSR count). The number of rotatable bonds is 13. The summed E-state index contributed by atoms with van der Waals surface area (Å²) in [6.07, 6.45) is 0. The van der Waals surface area contributed by atoms with Crippen molar-refractivity contribution in [2.75, 3.05) is 9.80 Å². The first-order valence-corrected chi connectivity index (χ1v) is 40.0. The van der Waals surface area contributed by atoms with E-state index < -0.39 is 0 Å². The third-order valence-electron chi connectivity index (χ3n) is 23.8. The van der Waals surface area contributed by atoms with Crippen LogP contribution in [0.1, 0.15) is 25.0 Å². The van der Waals surface area contributed by atoms with Crippen LogP contribution in [0.2, 0.25) is 0 Å². The van der Waals surface area contributed by atoms with Gasteiger partial charge in [-0.25, -0.2) is 0 Å². The van der Waals surface area contributed by atoms with Crippen LogP contribution >= 0.6 is 0 Å². The Kier molecular flexibility index (Phi) is 16.5. The predicted molar refractivity (Wildman–Crippen MR) is 487 cm³/mol. The Morgan fingerprint density at radius 3 is 0.872 bits per heavy atom. The first-order chi connectivity index (χ1) is 57.7. The third kappa shape index (κ3) is 12.1.